The molecule has 1 amide bonds. The molecule has 0 aliphatic heterocycles. The van der Waals surface area contributed by atoms with Crippen LogP contribution in [0, 0.1) is 0 Å². The van der Waals surface area contributed by atoms with Crippen LogP contribution in [-0.2, 0) is 11.2 Å². The van der Waals surface area contributed by atoms with Crippen LogP contribution in [0.4, 0.5) is 0 Å². The molecule has 0 radical (unpaired) electrons. The first-order valence-electron chi connectivity index (χ1n) is 6.19. The first kappa shape index (κ1) is 13.8. The normalized spacial score (nSPS) is 14.3. The van der Waals surface area contributed by atoms with Crippen molar-refractivity contribution in [3.8, 4) is 0 Å². The summed E-state index contributed by atoms with van der Waals surface area (Å²) in [4.78, 5) is 11.6. The highest BCUT2D eigenvalue weighted by molar-refractivity contribution is 5.76. The van der Waals surface area contributed by atoms with Gasteiger partial charge in [-0.3, -0.25) is 4.79 Å². The molecule has 17 heavy (non-hydrogen) atoms. The first-order chi connectivity index (χ1) is 8.11. The summed E-state index contributed by atoms with van der Waals surface area (Å²) in [5.41, 5.74) is 5.82. The molecule has 96 valence electrons. The van der Waals surface area contributed by atoms with E-state index < -0.39 is 0 Å². The molecule has 0 aromatic carbocycles. The van der Waals surface area contributed by atoms with E-state index in [1.54, 1.807) is 6.26 Å². The summed E-state index contributed by atoms with van der Waals surface area (Å²) >= 11 is 0. The third-order valence-corrected chi connectivity index (χ3v) is 2.60. The predicted molar refractivity (Wildman–Crippen MR) is 67.5 cm³/mol. The Kier molecular flexibility index (Phi) is 5.77. The standard InChI is InChI=1S/C13H22N2O2/c1-3-5-11(14)9-13(16)15-10(2)8-12-6-4-7-17-12/h4,6-7,10-11H,3,5,8-9,14H2,1-2H3,(H,15,16). The lowest BCUT2D eigenvalue weighted by atomic mass is 10.1. The van der Waals surface area contributed by atoms with E-state index in [4.69, 9.17) is 10.2 Å². The van der Waals surface area contributed by atoms with Crippen LogP contribution in [0.25, 0.3) is 0 Å². The number of hydrogen-bond acceptors (Lipinski definition) is 3. The van der Waals surface area contributed by atoms with Crippen LogP contribution in [0.5, 0.6) is 0 Å². The number of carbonyl (C=O) groups is 1. The molecule has 0 saturated carbocycles. The van der Waals surface area contributed by atoms with Crippen LogP contribution in [0.2, 0.25) is 0 Å². The van der Waals surface area contributed by atoms with Gasteiger partial charge in [0.15, 0.2) is 0 Å². The summed E-state index contributed by atoms with van der Waals surface area (Å²) in [5.74, 6) is 0.903. The van der Waals surface area contributed by atoms with Crippen molar-refractivity contribution in [2.24, 2.45) is 5.73 Å². The number of rotatable bonds is 7. The van der Waals surface area contributed by atoms with Crippen LogP contribution in [0.15, 0.2) is 22.8 Å². The second kappa shape index (κ2) is 7.12. The maximum atomic E-state index is 11.6. The third kappa shape index (κ3) is 5.54. The number of hydrogen-bond donors (Lipinski definition) is 2. The van der Waals surface area contributed by atoms with Crippen molar-refractivity contribution < 1.29 is 9.21 Å². The molecule has 0 bridgehead atoms. The summed E-state index contributed by atoms with van der Waals surface area (Å²) in [6, 6.07) is 3.80. The summed E-state index contributed by atoms with van der Waals surface area (Å²) in [6.45, 7) is 4.03. The molecule has 0 spiro atoms. The molecule has 0 aliphatic rings. The Labute approximate surface area is 103 Å². The van der Waals surface area contributed by atoms with E-state index in [-0.39, 0.29) is 18.0 Å². The van der Waals surface area contributed by atoms with E-state index in [9.17, 15) is 4.79 Å². The lowest BCUT2D eigenvalue weighted by molar-refractivity contribution is -0.122. The van der Waals surface area contributed by atoms with Crippen molar-refractivity contribution in [2.45, 2.75) is 51.6 Å². The van der Waals surface area contributed by atoms with Gasteiger partial charge < -0.3 is 15.5 Å². The van der Waals surface area contributed by atoms with E-state index in [0.717, 1.165) is 18.6 Å². The number of nitrogens with one attached hydrogen (secondary N) is 1. The number of furan rings is 1. The zero-order chi connectivity index (χ0) is 12.7. The van der Waals surface area contributed by atoms with Gasteiger partial charge in [-0.1, -0.05) is 13.3 Å². The first-order valence-corrected chi connectivity index (χ1v) is 6.19. The zero-order valence-electron chi connectivity index (χ0n) is 10.6. The van der Waals surface area contributed by atoms with E-state index in [1.807, 2.05) is 19.1 Å². The number of nitrogens with two attached hydrogens (primary N) is 1. The Hall–Kier alpha value is -1.29. The maximum Gasteiger partial charge on any atom is 0.221 e. The van der Waals surface area contributed by atoms with Crippen molar-refractivity contribution in [1.82, 2.24) is 5.32 Å². The van der Waals surface area contributed by atoms with E-state index >= 15 is 0 Å². The smallest absolute Gasteiger partial charge is 0.221 e. The highest BCUT2D eigenvalue weighted by Crippen LogP contribution is 2.04. The average molecular weight is 238 g/mol. The lowest BCUT2D eigenvalue weighted by Gasteiger charge is -2.15. The van der Waals surface area contributed by atoms with E-state index in [0.29, 0.717) is 12.8 Å². The van der Waals surface area contributed by atoms with Gasteiger partial charge in [-0.2, -0.15) is 0 Å². The largest absolute Gasteiger partial charge is 0.469 e. The van der Waals surface area contributed by atoms with Gasteiger partial charge in [0, 0.05) is 24.9 Å². The van der Waals surface area contributed by atoms with Crippen LogP contribution in [-0.4, -0.2) is 18.0 Å². The molecule has 2 atom stereocenters. The fourth-order valence-electron chi connectivity index (χ4n) is 1.83. The molecule has 1 aromatic rings. The monoisotopic (exact) mass is 238 g/mol. The van der Waals surface area contributed by atoms with Gasteiger partial charge in [0.25, 0.3) is 0 Å². The minimum Gasteiger partial charge on any atom is -0.469 e. The highest BCUT2D eigenvalue weighted by Gasteiger charge is 2.12. The van der Waals surface area contributed by atoms with Gasteiger partial charge in [0.2, 0.25) is 5.91 Å². The molecule has 1 aromatic heterocycles. The molecule has 1 rings (SSSR count). The van der Waals surface area contributed by atoms with Crippen LogP contribution in [0.1, 0.15) is 38.9 Å². The molecule has 4 nitrogen and oxygen atoms in total. The minimum absolute atomic E-state index is 0.0185. The fraction of sp³-hybridized carbons (Fsp3) is 0.615. The lowest BCUT2D eigenvalue weighted by Crippen LogP contribution is -2.37. The molecular weight excluding hydrogens is 216 g/mol. The van der Waals surface area contributed by atoms with Gasteiger partial charge >= 0.3 is 0 Å². The second-order valence-electron chi connectivity index (χ2n) is 4.50. The van der Waals surface area contributed by atoms with Gasteiger partial charge in [-0.25, -0.2) is 0 Å². The molecule has 4 heteroatoms. The third-order valence-electron chi connectivity index (χ3n) is 2.60. The van der Waals surface area contributed by atoms with Crippen LogP contribution >= 0.6 is 0 Å². The Morgan fingerprint density at radius 1 is 1.59 bits per heavy atom. The fourth-order valence-corrected chi connectivity index (χ4v) is 1.83. The average Bonchev–Trinajstić information content (AvgIpc) is 2.69. The van der Waals surface area contributed by atoms with E-state index in [1.165, 1.54) is 0 Å². The topological polar surface area (TPSA) is 68.3 Å². The van der Waals surface area contributed by atoms with Gasteiger partial charge in [-0.15, -0.1) is 0 Å². The molecule has 1 heterocycles. The van der Waals surface area contributed by atoms with Gasteiger partial charge in [-0.05, 0) is 25.5 Å². The van der Waals surface area contributed by atoms with Crippen LogP contribution in [0.3, 0.4) is 0 Å². The molecule has 0 aliphatic carbocycles. The highest BCUT2D eigenvalue weighted by atomic mass is 16.3. The molecule has 3 N–H and O–H groups in total. The molecule has 2 unspecified atom stereocenters. The van der Waals surface area contributed by atoms with Crippen molar-refractivity contribution in [2.75, 3.05) is 0 Å². The Balaban J connectivity index is 2.26. The SMILES string of the molecule is CCCC(N)CC(=O)NC(C)Cc1ccco1. The van der Waals surface area contributed by atoms with Crippen molar-refractivity contribution in [1.29, 1.82) is 0 Å². The molecular formula is C13H22N2O2. The molecule has 0 saturated heterocycles. The van der Waals surface area contributed by atoms with Crippen molar-refractivity contribution in [3.63, 3.8) is 0 Å². The number of carbonyl (C=O) groups excluding carboxylic acids is 1. The summed E-state index contributed by atoms with van der Waals surface area (Å²) in [5, 5.41) is 2.93. The summed E-state index contributed by atoms with van der Waals surface area (Å²) in [7, 11) is 0. The Bertz CT molecular complexity index is 322. The number of amides is 1. The van der Waals surface area contributed by atoms with Crippen molar-refractivity contribution in [3.05, 3.63) is 24.2 Å². The minimum atomic E-state index is -0.0317. The maximum absolute atomic E-state index is 11.6. The molecule has 0 fully saturated rings. The predicted octanol–water partition coefficient (Wildman–Crippen LogP) is 1.84. The van der Waals surface area contributed by atoms with Crippen LogP contribution < -0.4 is 11.1 Å². The van der Waals surface area contributed by atoms with Gasteiger partial charge in [0.1, 0.15) is 5.76 Å². The second-order valence-corrected chi connectivity index (χ2v) is 4.50. The Morgan fingerprint density at radius 2 is 2.35 bits per heavy atom. The zero-order valence-corrected chi connectivity index (χ0v) is 10.6. The summed E-state index contributed by atoms with van der Waals surface area (Å²) < 4.78 is 5.23. The van der Waals surface area contributed by atoms with Gasteiger partial charge in [0.05, 0.1) is 6.26 Å². The Morgan fingerprint density at radius 3 is 2.94 bits per heavy atom. The summed E-state index contributed by atoms with van der Waals surface area (Å²) in [6.07, 6.45) is 4.65. The van der Waals surface area contributed by atoms with Crippen molar-refractivity contribution >= 4 is 5.91 Å². The quantitative estimate of drug-likeness (QED) is 0.761. The van der Waals surface area contributed by atoms with E-state index in [2.05, 4.69) is 12.2 Å².